The maximum atomic E-state index is 11.2. The molecule has 3 heteroatoms. The smallest absolute Gasteiger partial charge is 0.311 e. The van der Waals surface area contributed by atoms with Gasteiger partial charge in [0.1, 0.15) is 0 Å². The topological polar surface area (TPSA) is 46.5 Å². The first-order valence-electron chi connectivity index (χ1n) is 4.49. The molecule has 0 aliphatic heterocycles. The molecule has 3 nitrogen and oxygen atoms in total. The predicted octanol–water partition coefficient (Wildman–Crippen LogP) is 0.956. The summed E-state index contributed by atoms with van der Waals surface area (Å²) in [5.74, 6) is -0.0799. The lowest BCUT2D eigenvalue weighted by Gasteiger charge is -2.11. The van der Waals surface area contributed by atoms with Crippen molar-refractivity contribution in [2.45, 2.75) is 32.8 Å². The highest BCUT2D eigenvalue weighted by molar-refractivity contribution is 5.73. The van der Waals surface area contributed by atoms with Crippen molar-refractivity contribution in [3.8, 4) is 0 Å². The Morgan fingerprint density at radius 2 is 2.25 bits per heavy atom. The molecule has 1 aliphatic rings. The Kier molecular flexibility index (Phi) is 3.09. The van der Waals surface area contributed by atoms with Crippen LogP contribution in [0.15, 0.2) is 0 Å². The molecule has 3 atom stereocenters. The van der Waals surface area contributed by atoms with Gasteiger partial charge >= 0.3 is 5.97 Å². The van der Waals surface area contributed by atoms with E-state index < -0.39 is 6.10 Å². The van der Waals surface area contributed by atoms with E-state index in [0.29, 0.717) is 12.5 Å². The summed E-state index contributed by atoms with van der Waals surface area (Å²) in [7, 11) is 0. The zero-order chi connectivity index (χ0) is 9.14. The molecule has 0 amide bonds. The van der Waals surface area contributed by atoms with Gasteiger partial charge in [0, 0.05) is 0 Å². The Hall–Kier alpha value is -0.570. The maximum absolute atomic E-state index is 11.2. The Morgan fingerprint density at radius 1 is 1.58 bits per heavy atom. The fourth-order valence-corrected chi connectivity index (χ4v) is 1.77. The second-order valence-corrected chi connectivity index (χ2v) is 3.50. The monoisotopic (exact) mass is 172 g/mol. The van der Waals surface area contributed by atoms with Crippen molar-refractivity contribution in [2.24, 2.45) is 11.8 Å². The van der Waals surface area contributed by atoms with Gasteiger partial charge in [0.25, 0.3) is 0 Å². The van der Waals surface area contributed by atoms with Crippen LogP contribution in [0.5, 0.6) is 0 Å². The summed E-state index contributed by atoms with van der Waals surface area (Å²) in [6, 6.07) is 0. The Labute approximate surface area is 72.7 Å². The van der Waals surface area contributed by atoms with Gasteiger partial charge in [-0.05, 0) is 25.7 Å². The average Bonchev–Trinajstić information content (AvgIpc) is 2.30. The van der Waals surface area contributed by atoms with Gasteiger partial charge in [-0.2, -0.15) is 0 Å². The first-order chi connectivity index (χ1) is 5.65. The van der Waals surface area contributed by atoms with Crippen LogP contribution in [0.2, 0.25) is 0 Å². The summed E-state index contributed by atoms with van der Waals surface area (Å²) in [5.41, 5.74) is 0. The first-order valence-corrected chi connectivity index (χ1v) is 4.49. The van der Waals surface area contributed by atoms with Crippen molar-refractivity contribution in [1.29, 1.82) is 0 Å². The fourth-order valence-electron chi connectivity index (χ4n) is 1.77. The number of aliphatic hydroxyl groups is 1. The van der Waals surface area contributed by atoms with Crippen LogP contribution in [-0.4, -0.2) is 23.8 Å². The highest BCUT2D eigenvalue weighted by Gasteiger charge is 2.36. The number of aliphatic hydroxyl groups excluding tert-OH is 1. The van der Waals surface area contributed by atoms with Crippen molar-refractivity contribution < 1.29 is 14.6 Å². The maximum Gasteiger partial charge on any atom is 0.311 e. The molecular weight excluding hydrogens is 156 g/mol. The first kappa shape index (κ1) is 9.52. The van der Waals surface area contributed by atoms with E-state index in [4.69, 9.17) is 4.74 Å². The number of rotatable bonds is 2. The van der Waals surface area contributed by atoms with Crippen molar-refractivity contribution in [2.75, 3.05) is 6.61 Å². The SMILES string of the molecule is CCOC(=O)[C@@H]1CC(C)C[C@H]1O. The van der Waals surface area contributed by atoms with Crippen LogP contribution in [0.25, 0.3) is 0 Å². The highest BCUT2D eigenvalue weighted by Crippen LogP contribution is 2.31. The lowest BCUT2D eigenvalue weighted by Crippen LogP contribution is -2.24. The molecule has 1 fully saturated rings. The van der Waals surface area contributed by atoms with E-state index >= 15 is 0 Å². The third-order valence-electron chi connectivity index (χ3n) is 2.35. The van der Waals surface area contributed by atoms with E-state index in [-0.39, 0.29) is 11.9 Å². The van der Waals surface area contributed by atoms with Crippen molar-refractivity contribution >= 4 is 5.97 Å². The van der Waals surface area contributed by atoms with Crippen LogP contribution in [0.4, 0.5) is 0 Å². The fraction of sp³-hybridized carbons (Fsp3) is 0.889. The molecule has 0 radical (unpaired) electrons. The molecule has 0 aromatic heterocycles. The van der Waals surface area contributed by atoms with Gasteiger partial charge in [0.2, 0.25) is 0 Å². The van der Waals surface area contributed by atoms with E-state index in [9.17, 15) is 9.90 Å². The number of carbonyl (C=O) groups is 1. The van der Waals surface area contributed by atoms with Crippen LogP contribution < -0.4 is 0 Å². The highest BCUT2D eigenvalue weighted by atomic mass is 16.5. The number of ether oxygens (including phenoxy) is 1. The number of carbonyl (C=O) groups excluding carboxylic acids is 1. The zero-order valence-electron chi connectivity index (χ0n) is 7.62. The predicted molar refractivity (Wildman–Crippen MR) is 44.5 cm³/mol. The van der Waals surface area contributed by atoms with Crippen LogP contribution in [0, 0.1) is 11.8 Å². The summed E-state index contributed by atoms with van der Waals surface area (Å²) in [6.07, 6.45) is 1.00. The molecule has 0 saturated heterocycles. The molecule has 0 bridgehead atoms. The van der Waals surface area contributed by atoms with E-state index in [1.807, 2.05) is 6.92 Å². The quantitative estimate of drug-likeness (QED) is 0.631. The number of hydrogen-bond donors (Lipinski definition) is 1. The minimum absolute atomic E-state index is 0.241. The second-order valence-electron chi connectivity index (χ2n) is 3.50. The van der Waals surface area contributed by atoms with Crippen LogP contribution in [0.3, 0.4) is 0 Å². The summed E-state index contributed by atoms with van der Waals surface area (Å²) < 4.78 is 4.85. The minimum Gasteiger partial charge on any atom is -0.466 e. The third kappa shape index (κ3) is 1.97. The molecular formula is C9H16O3. The van der Waals surface area contributed by atoms with E-state index in [0.717, 1.165) is 12.8 Å². The minimum atomic E-state index is -0.487. The molecule has 70 valence electrons. The van der Waals surface area contributed by atoms with Gasteiger partial charge in [0.05, 0.1) is 18.6 Å². The number of esters is 1. The number of hydrogen-bond acceptors (Lipinski definition) is 3. The summed E-state index contributed by atoms with van der Waals surface area (Å²) >= 11 is 0. The molecule has 0 aromatic rings. The summed E-state index contributed by atoms with van der Waals surface area (Å²) in [5, 5.41) is 9.46. The van der Waals surface area contributed by atoms with E-state index in [1.165, 1.54) is 0 Å². The summed E-state index contributed by atoms with van der Waals surface area (Å²) in [4.78, 5) is 11.2. The van der Waals surface area contributed by atoms with Gasteiger partial charge in [-0.15, -0.1) is 0 Å². The standard InChI is InChI=1S/C9H16O3/c1-3-12-9(11)7-4-6(2)5-8(7)10/h6-8,10H,3-5H2,1-2H3/t6?,7-,8-/m1/s1. The third-order valence-corrected chi connectivity index (χ3v) is 2.35. The Bertz CT molecular complexity index is 167. The molecule has 1 saturated carbocycles. The van der Waals surface area contributed by atoms with E-state index in [1.54, 1.807) is 6.92 Å². The molecule has 1 unspecified atom stereocenters. The van der Waals surface area contributed by atoms with Crippen LogP contribution in [-0.2, 0) is 9.53 Å². The lowest BCUT2D eigenvalue weighted by atomic mass is 10.1. The van der Waals surface area contributed by atoms with Gasteiger partial charge in [0.15, 0.2) is 0 Å². The van der Waals surface area contributed by atoms with Gasteiger partial charge in [-0.3, -0.25) is 4.79 Å². The molecule has 0 heterocycles. The molecule has 12 heavy (non-hydrogen) atoms. The van der Waals surface area contributed by atoms with E-state index in [2.05, 4.69) is 0 Å². The normalized spacial score (nSPS) is 35.1. The largest absolute Gasteiger partial charge is 0.466 e. The van der Waals surface area contributed by atoms with Gasteiger partial charge in [-0.1, -0.05) is 6.92 Å². The van der Waals surface area contributed by atoms with Crippen molar-refractivity contribution in [1.82, 2.24) is 0 Å². The molecule has 1 rings (SSSR count). The van der Waals surface area contributed by atoms with Crippen LogP contribution >= 0.6 is 0 Å². The lowest BCUT2D eigenvalue weighted by molar-refractivity contribution is -0.150. The summed E-state index contributed by atoms with van der Waals surface area (Å²) in [6.45, 7) is 4.22. The Balaban J connectivity index is 2.46. The molecule has 1 N–H and O–H groups in total. The zero-order valence-corrected chi connectivity index (χ0v) is 7.62. The van der Waals surface area contributed by atoms with Crippen molar-refractivity contribution in [3.63, 3.8) is 0 Å². The molecule has 0 spiro atoms. The Morgan fingerprint density at radius 3 is 2.67 bits per heavy atom. The van der Waals surface area contributed by atoms with Gasteiger partial charge in [-0.25, -0.2) is 0 Å². The van der Waals surface area contributed by atoms with Crippen LogP contribution in [0.1, 0.15) is 26.7 Å². The van der Waals surface area contributed by atoms with Gasteiger partial charge < -0.3 is 9.84 Å². The van der Waals surface area contributed by atoms with Crippen molar-refractivity contribution in [3.05, 3.63) is 0 Å². The molecule has 0 aromatic carbocycles. The average molecular weight is 172 g/mol. The molecule has 1 aliphatic carbocycles. The second kappa shape index (κ2) is 3.90.